The summed E-state index contributed by atoms with van der Waals surface area (Å²) in [6.45, 7) is 4.80. The Labute approximate surface area is 347 Å². The molecule has 9 aromatic rings. The van der Waals surface area contributed by atoms with E-state index in [9.17, 15) is 0 Å². The third-order valence-electron chi connectivity index (χ3n) is 12.9. The van der Waals surface area contributed by atoms with E-state index in [4.69, 9.17) is 0 Å². The molecule has 0 amide bonds. The topological polar surface area (TPSA) is 3.24 Å². The number of hydrogen-bond acceptors (Lipinski definition) is 1. The summed E-state index contributed by atoms with van der Waals surface area (Å²) < 4.78 is 0. The minimum Gasteiger partial charge on any atom is -0.310 e. The second-order valence-electron chi connectivity index (χ2n) is 16.5. The molecule has 59 heavy (non-hydrogen) atoms. The van der Waals surface area contributed by atoms with Crippen molar-refractivity contribution < 1.29 is 0 Å². The molecule has 9 aromatic carbocycles. The van der Waals surface area contributed by atoms with Crippen LogP contribution in [0.3, 0.4) is 0 Å². The number of rotatable bonds is 6. The van der Waals surface area contributed by atoms with Gasteiger partial charge < -0.3 is 4.90 Å². The molecule has 0 aromatic heterocycles. The standard InChI is InChI=1S/C58H43N/c1-57(2)53-31-16-17-32-55(53)58(51-29-14-12-27-48(51)49-28-13-15-30-52(49)58)56-39-46(34-36-54(56)57)59(44-26-18-25-43(37-44)40-19-6-3-7-20-40)45-33-35-47(41-21-8-4-9-22-41)50(38-45)42-23-10-5-11-24-42/h3-39H,1-2H3. The first kappa shape index (κ1) is 35.0. The molecule has 2 aliphatic rings. The lowest BCUT2D eigenvalue weighted by atomic mass is 9.55. The van der Waals surface area contributed by atoms with Gasteiger partial charge >= 0.3 is 0 Å². The monoisotopic (exact) mass is 753 g/mol. The Kier molecular flexibility index (Phi) is 8.13. The molecule has 1 nitrogen and oxygen atoms in total. The van der Waals surface area contributed by atoms with Crippen LogP contribution >= 0.6 is 0 Å². The van der Waals surface area contributed by atoms with Gasteiger partial charge in [-0.05, 0) is 114 Å². The third-order valence-corrected chi connectivity index (χ3v) is 12.9. The number of hydrogen-bond donors (Lipinski definition) is 0. The maximum absolute atomic E-state index is 2.52. The van der Waals surface area contributed by atoms with Crippen LogP contribution in [0, 0.1) is 0 Å². The number of fused-ring (bicyclic) bond motifs is 9. The maximum atomic E-state index is 2.52. The van der Waals surface area contributed by atoms with E-state index in [1.165, 1.54) is 77.9 Å². The lowest BCUT2D eigenvalue weighted by Crippen LogP contribution is -2.40. The van der Waals surface area contributed by atoms with Gasteiger partial charge in [0, 0.05) is 22.5 Å². The van der Waals surface area contributed by atoms with Crippen LogP contribution in [0.15, 0.2) is 224 Å². The second-order valence-corrected chi connectivity index (χ2v) is 16.5. The molecule has 2 aliphatic carbocycles. The van der Waals surface area contributed by atoms with Crippen LogP contribution < -0.4 is 4.90 Å². The first-order valence-corrected chi connectivity index (χ1v) is 20.7. The van der Waals surface area contributed by atoms with Gasteiger partial charge in [0.05, 0.1) is 5.41 Å². The zero-order valence-electron chi connectivity index (χ0n) is 33.3. The smallest absolute Gasteiger partial charge is 0.0720 e. The van der Waals surface area contributed by atoms with Crippen LogP contribution in [0.2, 0.25) is 0 Å². The summed E-state index contributed by atoms with van der Waals surface area (Å²) in [6, 6.07) is 83.0. The van der Waals surface area contributed by atoms with Crippen LogP contribution in [-0.4, -0.2) is 0 Å². The van der Waals surface area contributed by atoms with Crippen LogP contribution in [0.25, 0.3) is 44.5 Å². The van der Waals surface area contributed by atoms with E-state index in [2.05, 4.69) is 243 Å². The van der Waals surface area contributed by atoms with Gasteiger partial charge in [-0.25, -0.2) is 0 Å². The molecule has 0 saturated carbocycles. The Morgan fingerprint density at radius 1 is 0.271 bits per heavy atom. The number of benzene rings is 9. The lowest BCUT2D eigenvalue weighted by Gasteiger charge is -2.47. The Hall–Kier alpha value is -7.22. The minimum absolute atomic E-state index is 0.224. The molecule has 1 spiro atoms. The van der Waals surface area contributed by atoms with Crippen molar-refractivity contribution in [3.8, 4) is 44.5 Å². The van der Waals surface area contributed by atoms with E-state index in [1.54, 1.807) is 0 Å². The van der Waals surface area contributed by atoms with E-state index in [0.29, 0.717) is 0 Å². The number of anilines is 3. The van der Waals surface area contributed by atoms with Crippen LogP contribution in [0.1, 0.15) is 47.2 Å². The summed E-state index contributed by atoms with van der Waals surface area (Å²) in [5.74, 6) is 0. The Bertz CT molecular complexity index is 2970. The maximum Gasteiger partial charge on any atom is 0.0720 e. The molecule has 0 radical (unpaired) electrons. The van der Waals surface area contributed by atoms with Gasteiger partial charge in [-0.1, -0.05) is 202 Å². The van der Waals surface area contributed by atoms with Gasteiger partial charge in [-0.3, -0.25) is 0 Å². The normalized spacial score (nSPS) is 13.9. The van der Waals surface area contributed by atoms with Crippen molar-refractivity contribution in [2.24, 2.45) is 0 Å². The molecule has 280 valence electrons. The highest BCUT2D eigenvalue weighted by atomic mass is 15.1. The zero-order valence-corrected chi connectivity index (χ0v) is 33.3. The van der Waals surface area contributed by atoms with Crippen molar-refractivity contribution in [3.63, 3.8) is 0 Å². The van der Waals surface area contributed by atoms with Crippen molar-refractivity contribution in [1.29, 1.82) is 0 Å². The van der Waals surface area contributed by atoms with Crippen LogP contribution in [-0.2, 0) is 10.8 Å². The highest BCUT2D eigenvalue weighted by molar-refractivity contribution is 5.92. The van der Waals surface area contributed by atoms with Gasteiger partial charge in [-0.2, -0.15) is 0 Å². The van der Waals surface area contributed by atoms with E-state index in [-0.39, 0.29) is 5.41 Å². The average Bonchev–Trinajstić information content (AvgIpc) is 3.60. The van der Waals surface area contributed by atoms with E-state index in [0.717, 1.165) is 17.1 Å². The number of nitrogens with zero attached hydrogens (tertiary/aromatic N) is 1. The van der Waals surface area contributed by atoms with Gasteiger partial charge in [-0.15, -0.1) is 0 Å². The Morgan fingerprint density at radius 2 is 0.729 bits per heavy atom. The molecular formula is C58H43N. The highest BCUT2D eigenvalue weighted by Gasteiger charge is 2.53. The largest absolute Gasteiger partial charge is 0.310 e. The molecule has 0 unspecified atom stereocenters. The second kappa shape index (κ2) is 13.7. The van der Waals surface area contributed by atoms with E-state index < -0.39 is 5.41 Å². The van der Waals surface area contributed by atoms with Crippen LogP contribution in [0.5, 0.6) is 0 Å². The Morgan fingerprint density at radius 3 is 1.37 bits per heavy atom. The van der Waals surface area contributed by atoms with E-state index >= 15 is 0 Å². The average molecular weight is 754 g/mol. The summed E-state index contributed by atoms with van der Waals surface area (Å²) in [5, 5.41) is 0. The Balaban J connectivity index is 1.20. The molecular weight excluding hydrogens is 711 g/mol. The van der Waals surface area contributed by atoms with E-state index in [1.807, 2.05) is 0 Å². The van der Waals surface area contributed by atoms with Gasteiger partial charge in [0.1, 0.15) is 0 Å². The first-order valence-electron chi connectivity index (χ1n) is 20.7. The highest BCUT2D eigenvalue weighted by Crippen LogP contribution is 2.62. The van der Waals surface area contributed by atoms with Crippen LogP contribution in [0.4, 0.5) is 17.1 Å². The summed E-state index contributed by atoms with van der Waals surface area (Å²) in [5.41, 5.74) is 20.5. The quantitative estimate of drug-likeness (QED) is 0.163. The SMILES string of the molecule is CC1(C)c2ccccc2C2(c3ccccc3-c3ccccc32)c2cc(N(c3cccc(-c4ccccc4)c3)c3ccc(-c4ccccc4)c(-c4ccccc4)c3)ccc21. The van der Waals surface area contributed by atoms with Crippen molar-refractivity contribution in [3.05, 3.63) is 258 Å². The molecule has 0 aliphatic heterocycles. The molecule has 0 saturated heterocycles. The molecule has 0 fully saturated rings. The van der Waals surface area contributed by atoms with Crippen molar-refractivity contribution >= 4 is 17.1 Å². The minimum atomic E-state index is -0.492. The third kappa shape index (κ3) is 5.39. The molecule has 0 N–H and O–H groups in total. The predicted octanol–water partition coefficient (Wildman–Crippen LogP) is 15.2. The van der Waals surface area contributed by atoms with Gasteiger partial charge in [0.25, 0.3) is 0 Å². The van der Waals surface area contributed by atoms with Crippen molar-refractivity contribution in [2.45, 2.75) is 24.7 Å². The molecule has 0 heterocycles. The fourth-order valence-electron chi connectivity index (χ4n) is 10.3. The van der Waals surface area contributed by atoms with Gasteiger partial charge in [0.15, 0.2) is 0 Å². The zero-order chi connectivity index (χ0) is 39.6. The van der Waals surface area contributed by atoms with Crippen molar-refractivity contribution in [2.75, 3.05) is 4.90 Å². The lowest BCUT2D eigenvalue weighted by molar-refractivity contribution is 0.563. The van der Waals surface area contributed by atoms with Crippen molar-refractivity contribution in [1.82, 2.24) is 0 Å². The molecule has 0 bridgehead atoms. The molecule has 11 rings (SSSR count). The summed E-state index contributed by atoms with van der Waals surface area (Å²) in [7, 11) is 0. The van der Waals surface area contributed by atoms with Gasteiger partial charge in [0.2, 0.25) is 0 Å². The summed E-state index contributed by atoms with van der Waals surface area (Å²) in [4.78, 5) is 2.47. The molecule has 1 heteroatoms. The fourth-order valence-corrected chi connectivity index (χ4v) is 10.3. The fraction of sp³-hybridized carbons (Fsp3) is 0.0690. The summed E-state index contributed by atoms with van der Waals surface area (Å²) in [6.07, 6.45) is 0. The summed E-state index contributed by atoms with van der Waals surface area (Å²) >= 11 is 0. The first-order chi connectivity index (χ1) is 29.0. The molecule has 0 atom stereocenters. The predicted molar refractivity (Wildman–Crippen MR) is 247 cm³/mol.